The molecule has 0 radical (unpaired) electrons. The van der Waals surface area contributed by atoms with Gasteiger partial charge in [0.25, 0.3) is 5.72 Å². The number of aliphatic hydroxyl groups is 1. The van der Waals surface area contributed by atoms with Crippen LogP contribution < -0.4 is 5.32 Å². The lowest BCUT2D eigenvalue weighted by atomic mass is 10.1. The highest BCUT2D eigenvalue weighted by Crippen LogP contribution is 2.40. The number of methoxy groups -OCH3 is 1. The Balaban J connectivity index is 2.99. The van der Waals surface area contributed by atoms with Gasteiger partial charge in [0.15, 0.2) is 5.11 Å². The first kappa shape index (κ1) is 20.2. The molecule has 1 aliphatic heterocycles. The summed E-state index contributed by atoms with van der Waals surface area (Å²) in [5.41, 5.74) is -2.48. The molecule has 0 saturated heterocycles. The molecule has 1 unspecified atom stereocenters. The van der Waals surface area contributed by atoms with Crippen molar-refractivity contribution in [3.05, 3.63) is 36.3 Å². The highest BCUT2D eigenvalue weighted by atomic mass is 32.1. The number of allylic oxidation sites excluding steroid dienone is 4. The fraction of sp³-hybridized carbons (Fsp3) is 0.467. The minimum atomic E-state index is -4.90. The minimum Gasteiger partial charge on any atom is -0.497 e. The van der Waals surface area contributed by atoms with Crippen molar-refractivity contribution in [2.75, 3.05) is 7.11 Å². The zero-order valence-electron chi connectivity index (χ0n) is 13.6. The number of hydrogen-bond donors (Lipinski definition) is 2. The quantitative estimate of drug-likeness (QED) is 0.446. The van der Waals surface area contributed by atoms with Gasteiger partial charge in [-0.05, 0) is 43.8 Å². The van der Waals surface area contributed by atoms with Crippen molar-refractivity contribution in [2.45, 2.75) is 38.6 Å². The molecule has 0 spiro atoms. The largest absolute Gasteiger partial charge is 0.497 e. The van der Waals surface area contributed by atoms with Crippen LogP contribution in [0.4, 0.5) is 13.2 Å². The Kier molecular flexibility index (Phi) is 6.56. The third-order valence-corrected chi connectivity index (χ3v) is 3.61. The average Bonchev–Trinajstić information content (AvgIpc) is 2.86. The van der Waals surface area contributed by atoms with Crippen molar-refractivity contribution < 1.29 is 23.0 Å². The Hall–Kier alpha value is -1.87. The lowest BCUT2D eigenvalue weighted by Gasteiger charge is -2.34. The van der Waals surface area contributed by atoms with E-state index in [2.05, 4.69) is 17.0 Å². The molecule has 2 N–H and O–H groups in total. The van der Waals surface area contributed by atoms with Crippen molar-refractivity contribution >= 4 is 23.0 Å². The molecule has 0 aromatic heterocycles. The topological polar surface area (TPSA) is 57.1 Å². The SMILES string of the molecule is C=C/C(=C\C=C(/C)NC(=S)N1N=C(CC)CC1(O)C(F)(F)F)OC. The van der Waals surface area contributed by atoms with E-state index in [-0.39, 0.29) is 17.2 Å². The fourth-order valence-electron chi connectivity index (χ4n) is 1.94. The summed E-state index contributed by atoms with van der Waals surface area (Å²) in [7, 11) is 1.46. The molecule has 24 heavy (non-hydrogen) atoms. The van der Waals surface area contributed by atoms with Crippen LogP contribution in [0.15, 0.2) is 41.4 Å². The van der Waals surface area contributed by atoms with Crippen LogP contribution in [0.1, 0.15) is 26.7 Å². The lowest BCUT2D eigenvalue weighted by Crippen LogP contribution is -2.58. The van der Waals surface area contributed by atoms with Gasteiger partial charge in [-0.25, -0.2) is 0 Å². The second kappa shape index (κ2) is 7.80. The molecule has 1 heterocycles. The summed E-state index contributed by atoms with van der Waals surface area (Å²) in [4.78, 5) is 0. The van der Waals surface area contributed by atoms with Crippen molar-refractivity contribution in [1.29, 1.82) is 0 Å². The summed E-state index contributed by atoms with van der Waals surface area (Å²) in [5, 5.41) is 16.5. The molecule has 5 nitrogen and oxygen atoms in total. The average molecular weight is 363 g/mol. The maximum Gasteiger partial charge on any atom is 0.438 e. The number of alkyl halides is 3. The number of hydrazone groups is 1. The third kappa shape index (κ3) is 4.35. The summed E-state index contributed by atoms with van der Waals surface area (Å²) < 4.78 is 44.7. The van der Waals surface area contributed by atoms with E-state index >= 15 is 0 Å². The van der Waals surface area contributed by atoms with E-state index in [1.807, 2.05) is 0 Å². The van der Waals surface area contributed by atoms with Gasteiger partial charge in [-0.1, -0.05) is 13.5 Å². The number of ether oxygens (including phenoxy) is 1. The monoisotopic (exact) mass is 363 g/mol. The molecule has 134 valence electrons. The van der Waals surface area contributed by atoms with Crippen LogP contribution in [0.2, 0.25) is 0 Å². The highest BCUT2D eigenvalue weighted by Gasteiger charge is 2.62. The maximum atomic E-state index is 13.2. The van der Waals surface area contributed by atoms with E-state index in [4.69, 9.17) is 17.0 Å². The molecule has 1 rings (SSSR count). The molecular weight excluding hydrogens is 343 g/mol. The van der Waals surface area contributed by atoms with Crippen LogP contribution in [-0.2, 0) is 4.74 Å². The normalized spacial score (nSPS) is 22.3. The van der Waals surface area contributed by atoms with Crippen molar-refractivity contribution in [3.63, 3.8) is 0 Å². The van der Waals surface area contributed by atoms with Gasteiger partial charge >= 0.3 is 6.18 Å². The van der Waals surface area contributed by atoms with Gasteiger partial charge in [-0.3, -0.25) is 0 Å². The second-order valence-electron chi connectivity index (χ2n) is 5.08. The van der Waals surface area contributed by atoms with Gasteiger partial charge in [-0.15, -0.1) is 0 Å². The summed E-state index contributed by atoms with van der Waals surface area (Å²) >= 11 is 4.98. The lowest BCUT2D eigenvalue weighted by molar-refractivity contribution is -0.294. The van der Waals surface area contributed by atoms with Crippen LogP contribution in [0.5, 0.6) is 0 Å². The zero-order valence-corrected chi connectivity index (χ0v) is 14.5. The molecule has 0 saturated carbocycles. The van der Waals surface area contributed by atoms with Crippen LogP contribution in [0, 0.1) is 0 Å². The van der Waals surface area contributed by atoms with Gasteiger partial charge in [-0.2, -0.15) is 23.3 Å². The van der Waals surface area contributed by atoms with Gasteiger partial charge in [0.2, 0.25) is 0 Å². The molecule has 0 aliphatic carbocycles. The molecule has 1 aliphatic rings. The van der Waals surface area contributed by atoms with E-state index in [0.717, 1.165) is 0 Å². The number of hydrogen-bond acceptors (Lipinski definition) is 4. The highest BCUT2D eigenvalue weighted by molar-refractivity contribution is 7.80. The van der Waals surface area contributed by atoms with Gasteiger partial charge < -0.3 is 15.2 Å². The van der Waals surface area contributed by atoms with Crippen molar-refractivity contribution in [2.24, 2.45) is 5.10 Å². The fourth-order valence-corrected chi connectivity index (χ4v) is 2.29. The molecule has 0 bridgehead atoms. The first-order valence-corrected chi connectivity index (χ1v) is 7.51. The van der Waals surface area contributed by atoms with Crippen LogP contribution in [0.3, 0.4) is 0 Å². The van der Waals surface area contributed by atoms with Gasteiger partial charge in [0.1, 0.15) is 5.76 Å². The predicted molar refractivity (Wildman–Crippen MR) is 90.0 cm³/mol. The van der Waals surface area contributed by atoms with E-state index in [1.54, 1.807) is 26.0 Å². The van der Waals surface area contributed by atoms with Crippen LogP contribution in [-0.4, -0.2) is 40.0 Å². The first-order valence-electron chi connectivity index (χ1n) is 7.10. The molecule has 0 aromatic rings. The third-order valence-electron chi connectivity index (χ3n) is 3.34. The van der Waals surface area contributed by atoms with E-state index < -0.39 is 18.3 Å². The van der Waals surface area contributed by atoms with Crippen LogP contribution >= 0.6 is 12.2 Å². The summed E-state index contributed by atoms with van der Waals surface area (Å²) in [5.74, 6) is 0.473. The Morgan fingerprint density at radius 3 is 2.62 bits per heavy atom. The molecular formula is C15H20F3N3O2S. The Labute approximate surface area is 144 Å². The number of rotatable bonds is 5. The molecule has 0 amide bonds. The van der Waals surface area contributed by atoms with Gasteiger partial charge in [0, 0.05) is 17.8 Å². The maximum absolute atomic E-state index is 13.2. The number of thiocarbonyl (C=S) groups is 1. The molecule has 0 fully saturated rings. The zero-order chi connectivity index (χ0) is 18.5. The van der Waals surface area contributed by atoms with E-state index in [9.17, 15) is 18.3 Å². The predicted octanol–water partition coefficient (Wildman–Crippen LogP) is 3.20. The van der Waals surface area contributed by atoms with Crippen LogP contribution in [0.25, 0.3) is 0 Å². The van der Waals surface area contributed by atoms with Gasteiger partial charge in [0.05, 0.1) is 7.11 Å². The summed E-state index contributed by atoms with van der Waals surface area (Å²) in [6.45, 7) is 6.81. The molecule has 0 aromatic carbocycles. The van der Waals surface area contributed by atoms with Crippen molar-refractivity contribution in [1.82, 2.24) is 10.3 Å². The second-order valence-corrected chi connectivity index (χ2v) is 5.47. The Bertz CT molecular complexity index is 599. The molecule has 9 heteroatoms. The summed E-state index contributed by atoms with van der Waals surface area (Å²) in [6, 6.07) is 0. The first-order chi connectivity index (χ1) is 11.1. The van der Waals surface area contributed by atoms with E-state index in [1.165, 1.54) is 13.2 Å². The molecule has 1 atom stereocenters. The summed E-state index contributed by atoms with van der Waals surface area (Å²) in [6.07, 6.45) is -0.655. The Morgan fingerprint density at radius 1 is 1.54 bits per heavy atom. The van der Waals surface area contributed by atoms with E-state index in [0.29, 0.717) is 16.5 Å². The van der Waals surface area contributed by atoms with Crippen molar-refractivity contribution in [3.8, 4) is 0 Å². The number of halogens is 3. The smallest absolute Gasteiger partial charge is 0.438 e. The standard InChI is InChI=1S/C15H20F3N3O2S/c1-5-11-9-14(22,15(16,17)18)21(20-11)13(24)19-10(3)7-8-12(6-2)23-4/h6-8,22H,2,5,9H2,1,3-4H3,(H,19,24)/b10-7+,12-8+. The number of nitrogens with zero attached hydrogens (tertiary/aromatic N) is 2. The Morgan fingerprint density at radius 2 is 2.17 bits per heavy atom. The number of nitrogens with one attached hydrogen (secondary N) is 1. The minimum absolute atomic E-state index is 0.217.